The maximum Gasteiger partial charge on any atom is 0.402 e. The standard InChI is InChI=1S/C5H10O2.CH3NO2/c1-3-4-7-5(2)6;2-1(3)4/h3-4H2,1-2H3;2H2,(H,3,4). The Balaban J connectivity index is 0. The highest BCUT2D eigenvalue weighted by atomic mass is 16.5. The molecule has 1 amide bonds. The minimum absolute atomic E-state index is 0.193. The molecule has 0 bridgehead atoms. The molecular formula is C6H13NO4. The van der Waals surface area contributed by atoms with Gasteiger partial charge in [-0.05, 0) is 6.42 Å². The van der Waals surface area contributed by atoms with Crippen LogP contribution in [-0.2, 0) is 9.53 Å². The topological polar surface area (TPSA) is 89.6 Å². The van der Waals surface area contributed by atoms with Gasteiger partial charge in [0.05, 0.1) is 6.61 Å². The monoisotopic (exact) mass is 163 g/mol. The van der Waals surface area contributed by atoms with E-state index in [1.165, 1.54) is 6.92 Å². The molecule has 0 unspecified atom stereocenters. The highest BCUT2D eigenvalue weighted by Crippen LogP contribution is 1.78. The molecule has 5 heteroatoms. The number of ether oxygens (including phenoxy) is 1. The molecule has 0 aromatic rings. The fraction of sp³-hybridized carbons (Fsp3) is 0.667. The van der Waals surface area contributed by atoms with E-state index in [1.807, 2.05) is 6.92 Å². The Morgan fingerprint density at radius 3 is 2.00 bits per heavy atom. The molecule has 0 heterocycles. The van der Waals surface area contributed by atoms with Gasteiger partial charge in [0.2, 0.25) is 0 Å². The van der Waals surface area contributed by atoms with E-state index < -0.39 is 6.09 Å². The quantitative estimate of drug-likeness (QED) is 0.583. The average Bonchev–Trinajstić information content (AvgIpc) is 1.82. The van der Waals surface area contributed by atoms with Crippen molar-refractivity contribution in [2.45, 2.75) is 20.3 Å². The van der Waals surface area contributed by atoms with Crippen LogP contribution < -0.4 is 5.73 Å². The number of primary amides is 1. The van der Waals surface area contributed by atoms with E-state index in [0.717, 1.165) is 6.42 Å². The van der Waals surface area contributed by atoms with Crippen molar-refractivity contribution in [1.82, 2.24) is 0 Å². The van der Waals surface area contributed by atoms with Gasteiger partial charge in [0.15, 0.2) is 0 Å². The van der Waals surface area contributed by atoms with Crippen LogP contribution in [0.4, 0.5) is 4.79 Å². The van der Waals surface area contributed by atoms with Gasteiger partial charge < -0.3 is 15.6 Å². The Hall–Kier alpha value is -1.26. The van der Waals surface area contributed by atoms with Crippen LogP contribution in [0.25, 0.3) is 0 Å². The minimum atomic E-state index is -1.33. The van der Waals surface area contributed by atoms with Gasteiger partial charge in [-0.3, -0.25) is 4.79 Å². The molecule has 0 aliphatic heterocycles. The summed E-state index contributed by atoms with van der Waals surface area (Å²) in [7, 11) is 0. The first kappa shape index (κ1) is 12.4. The van der Waals surface area contributed by atoms with Crippen LogP contribution in [0.1, 0.15) is 20.3 Å². The van der Waals surface area contributed by atoms with Crippen molar-refractivity contribution in [3.8, 4) is 0 Å². The normalized spacial score (nSPS) is 7.45. The summed E-state index contributed by atoms with van der Waals surface area (Å²) in [6.07, 6.45) is -0.431. The van der Waals surface area contributed by atoms with Gasteiger partial charge in [0.25, 0.3) is 0 Å². The minimum Gasteiger partial charge on any atom is -0.466 e. The lowest BCUT2D eigenvalue weighted by atomic mass is 10.5. The third-order valence-corrected chi connectivity index (χ3v) is 0.509. The van der Waals surface area contributed by atoms with E-state index in [-0.39, 0.29) is 5.97 Å². The molecule has 0 saturated heterocycles. The highest BCUT2D eigenvalue weighted by molar-refractivity contribution is 5.65. The smallest absolute Gasteiger partial charge is 0.402 e. The summed E-state index contributed by atoms with van der Waals surface area (Å²) in [6.45, 7) is 3.92. The molecule has 0 atom stereocenters. The number of hydrogen-bond acceptors (Lipinski definition) is 3. The fourth-order valence-corrected chi connectivity index (χ4v) is 0.246. The van der Waals surface area contributed by atoms with Gasteiger partial charge in [0, 0.05) is 6.92 Å². The molecule has 0 aromatic heterocycles. The molecular weight excluding hydrogens is 150 g/mol. The number of carbonyl (C=O) groups excluding carboxylic acids is 1. The summed E-state index contributed by atoms with van der Waals surface area (Å²) in [5.41, 5.74) is 4.03. The number of rotatable bonds is 2. The van der Waals surface area contributed by atoms with Gasteiger partial charge in [-0.2, -0.15) is 0 Å². The van der Waals surface area contributed by atoms with E-state index in [0.29, 0.717) is 6.61 Å². The molecule has 0 aromatic carbocycles. The van der Waals surface area contributed by atoms with Crippen molar-refractivity contribution < 1.29 is 19.4 Å². The largest absolute Gasteiger partial charge is 0.466 e. The first-order chi connectivity index (χ1) is 5.00. The number of amides is 1. The van der Waals surface area contributed by atoms with Crippen molar-refractivity contribution >= 4 is 12.1 Å². The predicted molar refractivity (Wildman–Crippen MR) is 39.1 cm³/mol. The van der Waals surface area contributed by atoms with Crippen molar-refractivity contribution in [3.05, 3.63) is 0 Å². The SMILES string of the molecule is CCCOC(C)=O.NC(=O)O. The van der Waals surface area contributed by atoms with E-state index in [2.05, 4.69) is 10.5 Å². The fourth-order valence-electron chi connectivity index (χ4n) is 0.246. The molecule has 11 heavy (non-hydrogen) atoms. The van der Waals surface area contributed by atoms with E-state index >= 15 is 0 Å². The first-order valence-electron chi connectivity index (χ1n) is 3.12. The van der Waals surface area contributed by atoms with Crippen molar-refractivity contribution in [2.24, 2.45) is 5.73 Å². The predicted octanol–water partition coefficient (Wildman–Crippen LogP) is 0.583. The lowest BCUT2D eigenvalue weighted by Crippen LogP contribution is -2.03. The Bertz CT molecular complexity index is 120. The zero-order chi connectivity index (χ0) is 9.28. The molecule has 0 spiro atoms. The van der Waals surface area contributed by atoms with Gasteiger partial charge in [-0.25, -0.2) is 4.79 Å². The second-order valence-electron chi connectivity index (χ2n) is 1.68. The molecule has 0 aliphatic rings. The second-order valence-corrected chi connectivity index (χ2v) is 1.68. The molecule has 0 radical (unpaired) electrons. The van der Waals surface area contributed by atoms with Crippen LogP contribution in [0, 0.1) is 0 Å². The van der Waals surface area contributed by atoms with Gasteiger partial charge in [0.1, 0.15) is 0 Å². The van der Waals surface area contributed by atoms with Crippen LogP contribution in [-0.4, -0.2) is 23.8 Å². The molecule has 0 aliphatic carbocycles. The zero-order valence-electron chi connectivity index (χ0n) is 6.66. The molecule has 0 fully saturated rings. The van der Waals surface area contributed by atoms with Crippen LogP contribution in [0.2, 0.25) is 0 Å². The maximum absolute atomic E-state index is 9.98. The number of carbonyl (C=O) groups is 2. The Morgan fingerprint density at radius 2 is 1.91 bits per heavy atom. The third kappa shape index (κ3) is 52.9. The first-order valence-corrected chi connectivity index (χ1v) is 3.12. The second kappa shape index (κ2) is 8.74. The molecule has 5 nitrogen and oxygen atoms in total. The number of hydrogen-bond donors (Lipinski definition) is 2. The Labute approximate surface area is 65.1 Å². The number of nitrogens with two attached hydrogens (primary N) is 1. The van der Waals surface area contributed by atoms with Crippen LogP contribution in [0.15, 0.2) is 0 Å². The van der Waals surface area contributed by atoms with Crippen LogP contribution in [0.5, 0.6) is 0 Å². The molecule has 3 N–H and O–H groups in total. The van der Waals surface area contributed by atoms with E-state index in [1.54, 1.807) is 0 Å². The summed E-state index contributed by atoms with van der Waals surface area (Å²) in [6, 6.07) is 0. The summed E-state index contributed by atoms with van der Waals surface area (Å²) < 4.78 is 4.55. The maximum atomic E-state index is 9.98. The number of carboxylic acid groups (broad SMARTS) is 1. The summed E-state index contributed by atoms with van der Waals surface area (Å²) >= 11 is 0. The Morgan fingerprint density at radius 1 is 1.55 bits per heavy atom. The van der Waals surface area contributed by atoms with Crippen LogP contribution in [0.3, 0.4) is 0 Å². The van der Waals surface area contributed by atoms with Gasteiger partial charge >= 0.3 is 12.1 Å². The van der Waals surface area contributed by atoms with Crippen molar-refractivity contribution in [3.63, 3.8) is 0 Å². The molecule has 0 saturated carbocycles. The summed E-state index contributed by atoms with van der Waals surface area (Å²) in [5, 5.41) is 7.19. The third-order valence-electron chi connectivity index (χ3n) is 0.509. The van der Waals surface area contributed by atoms with Gasteiger partial charge in [-0.15, -0.1) is 0 Å². The lowest BCUT2D eigenvalue weighted by Gasteiger charge is -1.93. The summed E-state index contributed by atoms with van der Waals surface area (Å²) in [4.78, 5) is 18.8. The number of esters is 1. The van der Waals surface area contributed by atoms with E-state index in [9.17, 15) is 4.79 Å². The molecule has 0 rings (SSSR count). The highest BCUT2D eigenvalue weighted by Gasteiger charge is 1.85. The zero-order valence-corrected chi connectivity index (χ0v) is 6.66. The molecule has 66 valence electrons. The van der Waals surface area contributed by atoms with Crippen molar-refractivity contribution in [1.29, 1.82) is 0 Å². The van der Waals surface area contributed by atoms with Crippen LogP contribution >= 0.6 is 0 Å². The summed E-state index contributed by atoms with van der Waals surface area (Å²) in [5.74, 6) is -0.193. The lowest BCUT2D eigenvalue weighted by molar-refractivity contribution is -0.140. The van der Waals surface area contributed by atoms with Crippen molar-refractivity contribution in [2.75, 3.05) is 6.61 Å². The Kier molecular flexibility index (Phi) is 9.87. The average molecular weight is 163 g/mol. The van der Waals surface area contributed by atoms with E-state index in [4.69, 9.17) is 9.90 Å². The van der Waals surface area contributed by atoms with Gasteiger partial charge in [-0.1, -0.05) is 6.92 Å².